The number of esters is 1. The number of aliphatic hydroxyl groups is 2. The molecule has 0 aromatic rings. The monoisotopic (exact) mass is 376 g/mol. The van der Waals surface area contributed by atoms with Crippen LogP contribution >= 0.6 is 0 Å². The Kier molecular flexibility index (Phi) is 5.88. The van der Waals surface area contributed by atoms with Gasteiger partial charge < -0.3 is 14.9 Å². The zero-order valence-electron chi connectivity index (χ0n) is 17.3. The van der Waals surface area contributed by atoms with Gasteiger partial charge in [-0.1, -0.05) is 44.9 Å². The molecular formula is C23H36O4. The molecule has 4 heteroatoms. The van der Waals surface area contributed by atoms with Crippen LogP contribution in [0.15, 0.2) is 23.3 Å². The highest BCUT2D eigenvalue weighted by Crippen LogP contribution is 2.62. The molecule has 4 nitrogen and oxygen atoms in total. The van der Waals surface area contributed by atoms with Crippen LogP contribution in [0.4, 0.5) is 0 Å². The van der Waals surface area contributed by atoms with Gasteiger partial charge in [0.1, 0.15) is 12.7 Å². The second-order valence-corrected chi connectivity index (χ2v) is 9.67. The number of hydrogen-bond acceptors (Lipinski definition) is 4. The van der Waals surface area contributed by atoms with Gasteiger partial charge in [0.05, 0.1) is 12.0 Å². The van der Waals surface area contributed by atoms with Crippen LogP contribution < -0.4 is 0 Å². The van der Waals surface area contributed by atoms with Crippen molar-refractivity contribution < 1.29 is 19.7 Å². The van der Waals surface area contributed by atoms with E-state index in [1.54, 1.807) is 5.57 Å². The molecule has 1 fully saturated rings. The Labute approximate surface area is 163 Å². The van der Waals surface area contributed by atoms with Crippen LogP contribution in [0.25, 0.3) is 0 Å². The smallest absolute Gasteiger partial charge is 0.312 e. The van der Waals surface area contributed by atoms with E-state index in [4.69, 9.17) is 9.84 Å². The van der Waals surface area contributed by atoms with Crippen LogP contribution in [0.3, 0.4) is 0 Å². The fourth-order valence-electron chi connectivity index (χ4n) is 5.98. The van der Waals surface area contributed by atoms with E-state index in [9.17, 15) is 9.90 Å². The van der Waals surface area contributed by atoms with E-state index in [1.807, 2.05) is 0 Å². The third-order valence-electron chi connectivity index (χ3n) is 7.66. The van der Waals surface area contributed by atoms with Crippen LogP contribution in [-0.4, -0.2) is 35.5 Å². The molecule has 5 atom stereocenters. The number of rotatable bonds is 5. The molecule has 2 N–H and O–H groups in total. The molecule has 3 aliphatic carbocycles. The lowest BCUT2D eigenvalue weighted by molar-refractivity contribution is -0.172. The zero-order chi connectivity index (χ0) is 19.8. The second kappa shape index (κ2) is 7.71. The molecule has 0 aliphatic heterocycles. The summed E-state index contributed by atoms with van der Waals surface area (Å²) in [6.45, 7) is 8.48. The molecule has 1 saturated carbocycles. The Morgan fingerprint density at radius 3 is 2.74 bits per heavy atom. The first-order valence-electron chi connectivity index (χ1n) is 10.6. The second-order valence-electron chi connectivity index (χ2n) is 9.67. The lowest BCUT2D eigenvalue weighted by Crippen LogP contribution is -2.53. The van der Waals surface area contributed by atoms with E-state index >= 15 is 0 Å². The SMILES string of the molecule is CC(C)C1=CC2=CC[C@H]3[C@](C)(CCC[C@]3(C)C(=O)OC[C@H](O)CO)[C@@H]2CC1. The van der Waals surface area contributed by atoms with Crippen LogP contribution in [-0.2, 0) is 9.53 Å². The summed E-state index contributed by atoms with van der Waals surface area (Å²) >= 11 is 0. The number of allylic oxidation sites excluding steroid dienone is 4. The average molecular weight is 377 g/mol. The van der Waals surface area contributed by atoms with Crippen molar-refractivity contribution in [2.45, 2.75) is 72.3 Å². The highest BCUT2D eigenvalue weighted by molar-refractivity contribution is 5.77. The molecule has 0 spiro atoms. The zero-order valence-corrected chi connectivity index (χ0v) is 17.3. The minimum absolute atomic E-state index is 0.116. The summed E-state index contributed by atoms with van der Waals surface area (Å²) in [4.78, 5) is 13.0. The Morgan fingerprint density at radius 2 is 2.07 bits per heavy atom. The number of fused-ring (bicyclic) bond motifs is 3. The van der Waals surface area contributed by atoms with Crippen molar-refractivity contribution in [1.29, 1.82) is 0 Å². The predicted octanol–water partition coefficient (Wildman–Crippen LogP) is 4.02. The molecule has 0 aromatic carbocycles. The Hall–Kier alpha value is -1.13. The predicted molar refractivity (Wildman–Crippen MR) is 106 cm³/mol. The molecule has 0 bridgehead atoms. The number of carbonyl (C=O) groups is 1. The van der Waals surface area contributed by atoms with Gasteiger partial charge in [0.15, 0.2) is 0 Å². The standard InChI is InChI=1S/C23H36O4/c1-15(2)16-6-8-19-17(12-16)7-9-20-22(19,3)10-5-11-23(20,4)21(26)27-14-18(25)13-24/h7,12,15,18-20,24-25H,5-6,8-11,13-14H2,1-4H3/t18-,19-,20+,22-,23+/m1/s1. The summed E-state index contributed by atoms with van der Waals surface area (Å²) in [6, 6.07) is 0. The van der Waals surface area contributed by atoms with Crippen LogP contribution in [0, 0.1) is 28.6 Å². The van der Waals surface area contributed by atoms with Crippen LogP contribution in [0.1, 0.15) is 66.2 Å². The van der Waals surface area contributed by atoms with E-state index in [1.165, 1.54) is 12.0 Å². The molecular weight excluding hydrogens is 340 g/mol. The Balaban J connectivity index is 1.85. The summed E-state index contributed by atoms with van der Waals surface area (Å²) < 4.78 is 5.43. The van der Waals surface area contributed by atoms with Gasteiger partial charge in [-0.2, -0.15) is 0 Å². The van der Waals surface area contributed by atoms with E-state index in [0.717, 1.165) is 32.1 Å². The van der Waals surface area contributed by atoms with Gasteiger partial charge in [-0.3, -0.25) is 4.79 Å². The first-order valence-corrected chi connectivity index (χ1v) is 10.6. The van der Waals surface area contributed by atoms with Crippen molar-refractivity contribution in [1.82, 2.24) is 0 Å². The largest absolute Gasteiger partial charge is 0.462 e. The maximum absolute atomic E-state index is 13.0. The highest BCUT2D eigenvalue weighted by Gasteiger charge is 2.57. The number of aliphatic hydroxyl groups excluding tert-OH is 2. The molecule has 0 heterocycles. The summed E-state index contributed by atoms with van der Waals surface area (Å²) in [7, 11) is 0. The summed E-state index contributed by atoms with van der Waals surface area (Å²) in [5.74, 6) is 1.17. The number of ether oxygens (including phenoxy) is 1. The lowest BCUT2D eigenvalue weighted by Gasteiger charge is -2.57. The first kappa shape index (κ1) is 20.6. The summed E-state index contributed by atoms with van der Waals surface area (Å²) in [5.41, 5.74) is 2.63. The molecule has 0 radical (unpaired) electrons. The molecule has 0 unspecified atom stereocenters. The first-order chi connectivity index (χ1) is 12.7. The molecule has 0 amide bonds. The van der Waals surface area contributed by atoms with E-state index in [2.05, 4.69) is 39.8 Å². The molecule has 0 saturated heterocycles. The fourth-order valence-corrected chi connectivity index (χ4v) is 5.98. The van der Waals surface area contributed by atoms with Crippen LogP contribution in [0.5, 0.6) is 0 Å². The maximum atomic E-state index is 13.0. The van der Waals surface area contributed by atoms with Gasteiger partial charge in [-0.05, 0) is 67.8 Å². The normalized spacial score (nSPS) is 37.0. The van der Waals surface area contributed by atoms with E-state index in [-0.39, 0.29) is 30.5 Å². The van der Waals surface area contributed by atoms with Gasteiger partial charge in [-0.15, -0.1) is 0 Å². The molecule has 152 valence electrons. The maximum Gasteiger partial charge on any atom is 0.312 e. The van der Waals surface area contributed by atoms with Crippen molar-refractivity contribution >= 4 is 5.97 Å². The minimum atomic E-state index is -0.997. The third kappa shape index (κ3) is 3.63. The summed E-state index contributed by atoms with van der Waals surface area (Å²) in [6.07, 6.45) is 10.1. The molecule has 0 aromatic heterocycles. The van der Waals surface area contributed by atoms with Crippen molar-refractivity contribution in [2.75, 3.05) is 13.2 Å². The number of carbonyl (C=O) groups excluding carboxylic acids is 1. The number of hydrogen-bond donors (Lipinski definition) is 2. The molecule has 27 heavy (non-hydrogen) atoms. The fraction of sp³-hybridized carbons (Fsp3) is 0.783. The molecule has 3 rings (SSSR count). The van der Waals surface area contributed by atoms with E-state index < -0.39 is 11.5 Å². The third-order valence-corrected chi connectivity index (χ3v) is 7.66. The Bertz CT molecular complexity index is 634. The van der Waals surface area contributed by atoms with Crippen molar-refractivity contribution in [3.63, 3.8) is 0 Å². The van der Waals surface area contributed by atoms with Gasteiger partial charge in [0, 0.05) is 0 Å². The quantitative estimate of drug-likeness (QED) is 0.711. The van der Waals surface area contributed by atoms with Gasteiger partial charge in [0.2, 0.25) is 0 Å². The van der Waals surface area contributed by atoms with E-state index in [0.29, 0.717) is 11.8 Å². The topological polar surface area (TPSA) is 66.8 Å². The van der Waals surface area contributed by atoms with Crippen LogP contribution in [0.2, 0.25) is 0 Å². The van der Waals surface area contributed by atoms with Crippen molar-refractivity contribution in [3.8, 4) is 0 Å². The average Bonchev–Trinajstić information content (AvgIpc) is 2.65. The molecule has 3 aliphatic rings. The highest BCUT2D eigenvalue weighted by atomic mass is 16.5. The van der Waals surface area contributed by atoms with Gasteiger partial charge in [-0.25, -0.2) is 0 Å². The van der Waals surface area contributed by atoms with Gasteiger partial charge >= 0.3 is 5.97 Å². The van der Waals surface area contributed by atoms with Crippen molar-refractivity contribution in [3.05, 3.63) is 23.3 Å². The van der Waals surface area contributed by atoms with Crippen molar-refractivity contribution in [2.24, 2.45) is 28.6 Å². The lowest BCUT2D eigenvalue weighted by atomic mass is 9.47. The van der Waals surface area contributed by atoms with Gasteiger partial charge in [0.25, 0.3) is 0 Å². The summed E-state index contributed by atoms with van der Waals surface area (Å²) in [5, 5.41) is 18.5. The Morgan fingerprint density at radius 1 is 1.33 bits per heavy atom. The minimum Gasteiger partial charge on any atom is -0.462 e.